The fraction of sp³-hybridized carbons (Fsp3) is 0.368. The summed E-state index contributed by atoms with van der Waals surface area (Å²) in [6, 6.07) is 16.9. The summed E-state index contributed by atoms with van der Waals surface area (Å²) in [7, 11) is 0. The molecule has 0 aliphatic rings. The first-order valence-corrected chi connectivity index (χ1v) is 7.57. The van der Waals surface area contributed by atoms with Crippen molar-refractivity contribution in [2.75, 3.05) is 13.2 Å². The molecule has 0 amide bonds. The van der Waals surface area contributed by atoms with Crippen LogP contribution in [0, 0.1) is 6.92 Å². The predicted molar refractivity (Wildman–Crippen MR) is 88.9 cm³/mol. The third-order valence-corrected chi connectivity index (χ3v) is 4.07. The molecule has 1 atom stereocenters. The van der Waals surface area contributed by atoms with Crippen LogP contribution in [0.25, 0.3) is 0 Å². The van der Waals surface area contributed by atoms with Gasteiger partial charge in [0, 0.05) is 12.0 Å². The van der Waals surface area contributed by atoms with Crippen LogP contribution in [0.4, 0.5) is 0 Å². The molecule has 2 aromatic rings. The number of benzene rings is 2. The van der Waals surface area contributed by atoms with E-state index in [-0.39, 0.29) is 5.41 Å². The van der Waals surface area contributed by atoms with Crippen molar-refractivity contribution in [1.82, 2.24) is 0 Å². The third kappa shape index (κ3) is 3.64. The minimum atomic E-state index is -0.0432. The number of nitrogens with two attached hydrogens (primary N) is 1. The van der Waals surface area contributed by atoms with Crippen LogP contribution in [0.1, 0.15) is 30.5 Å². The van der Waals surface area contributed by atoms with Crippen molar-refractivity contribution in [2.24, 2.45) is 5.73 Å². The minimum Gasteiger partial charge on any atom is -0.494 e. The SMILES string of the molecule is CCOc1ccc(CC(C)(CN)c2ccccc2C)cc1. The zero-order valence-electron chi connectivity index (χ0n) is 13.2. The maximum absolute atomic E-state index is 6.11. The van der Waals surface area contributed by atoms with Gasteiger partial charge in [0.2, 0.25) is 0 Å². The van der Waals surface area contributed by atoms with Crippen LogP contribution in [0.5, 0.6) is 5.75 Å². The molecule has 0 radical (unpaired) electrons. The zero-order chi connectivity index (χ0) is 15.3. The monoisotopic (exact) mass is 283 g/mol. The molecule has 21 heavy (non-hydrogen) atoms. The van der Waals surface area contributed by atoms with Crippen LogP contribution < -0.4 is 10.5 Å². The predicted octanol–water partition coefficient (Wildman–Crippen LogP) is 3.85. The van der Waals surface area contributed by atoms with Gasteiger partial charge in [-0.15, -0.1) is 0 Å². The summed E-state index contributed by atoms with van der Waals surface area (Å²) in [5.74, 6) is 0.923. The quantitative estimate of drug-likeness (QED) is 0.874. The molecule has 0 aliphatic heterocycles. The van der Waals surface area contributed by atoms with E-state index < -0.39 is 0 Å². The second-order valence-corrected chi connectivity index (χ2v) is 5.83. The van der Waals surface area contributed by atoms with Crippen molar-refractivity contribution in [3.05, 3.63) is 65.2 Å². The van der Waals surface area contributed by atoms with Gasteiger partial charge >= 0.3 is 0 Å². The van der Waals surface area contributed by atoms with E-state index in [0.717, 1.165) is 12.2 Å². The van der Waals surface area contributed by atoms with Gasteiger partial charge < -0.3 is 10.5 Å². The van der Waals surface area contributed by atoms with Gasteiger partial charge in [-0.2, -0.15) is 0 Å². The first kappa shape index (κ1) is 15.6. The Labute approximate surface area is 127 Å². The molecule has 1 unspecified atom stereocenters. The summed E-state index contributed by atoms with van der Waals surface area (Å²) in [6.07, 6.45) is 0.931. The van der Waals surface area contributed by atoms with E-state index in [0.29, 0.717) is 13.2 Å². The highest BCUT2D eigenvalue weighted by atomic mass is 16.5. The van der Waals surface area contributed by atoms with Crippen LogP contribution in [-0.2, 0) is 11.8 Å². The fourth-order valence-corrected chi connectivity index (χ4v) is 2.85. The topological polar surface area (TPSA) is 35.2 Å². The first-order chi connectivity index (χ1) is 10.1. The zero-order valence-corrected chi connectivity index (χ0v) is 13.2. The van der Waals surface area contributed by atoms with Crippen molar-refractivity contribution in [2.45, 2.75) is 32.6 Å². The normalized spacial score (nSPS) is 13.7. The van der Waals surface area contributed by atoms with Crippen molar-refractivity contribution < 1.29 is 4.74 Å². The van der Waals surface area contributed by atoms with Crippen LogP contribution in [0.3, 0.4) is 0 Å². The highest BCUT2D eigenvalue weighted by Crippen LogP contribution is 2.30. The molecule has 0 spiro atoms. The van der Waals surface area contributed by atoms with Gasteiger partial charge in [0.05, 0.1) is 6.61 Å². The number of ether oxygens (including phenoxy) is 1. The van der Waals surface area contributed by atoms with E-state index in [1.165, 1.54) is 16.7 Å². The fourth-order valence-electron chi connectivity index (χ4n) is 2.85. The van der Waals surface area contributed by atoms with Crippen molar-refractivity contribution in [1.29, 1.82) is 0 Å². The largest absolute Gasteiger partial charge is 0.494 e. The summed E-state index contributed by atoms with van der Waals surface area (Å²) in [5.41, 5.74) is 9.99. The maximum Gasteiger partial charge on any atom is 0.119 e. The molecule has 2 N–H and O–H groups in total. The Morgan fingerprint density at radius 1 is 1.05 bits per heavy atom. The minimum absolute atomic E-state index is 0.0432. The van der Waals surface area contributed by atoms with Crippen LogP contribution in [-0.4, -0.2) is 13.2 Å². The van der Waals surface area contributed by atoms with E-state index in [1.807, 2.05) is 19.1 Å². The van der Waals surface area contributed by atoms with Gasteiger partial charge in [0.25, 0.3) is 0 Å². The van der Waals surface area contributed by atoms with E-state index >= 15 is 0 Å². The Hall–Kier alpha value is -1.80. The Morgan fingerprint density at radius 3 is 2.29 bits per heavy atom. The average Bonchev–Trinajstić information content (AvgIpc) is 2.50. The van der Waals surface area contributed by atoms with Gasteiger partial charge in [-0.25, -0.2) is 0 Å². The number of aryl methyl sites for hydroxylation is 1. The summed E-state index contributed by atoms with van der Waals surface area (Å²) in [5, 5.41) is 0. The lowest BCUT2D eigenvalue weighted by atomic mass is 9.75. The number of hydrogen-bond acceptors (Lipinski definition) is 2. The van der Waals surface area contributed by atoms with Gasteiger partial charge in [0.15, 0.2) is 0 Å². The molecular weight excluding hydrogens is 258 g/mol. The molecule has 0 heterocycles. The van der Waals surface area contributed by atoms with Gasteiger partial charge in [-0.1, -0.05) is 43.3 Å². The molecule has 0 bridgehead atoms. The Kier molecular flexibility index (Phi) is 5.03. The Morgan fingerprint density at radius 2 is 1.71 bits per heavy atom. The van der Waals surface area contributed by atoms with E-state index in [2.05, 4.69) is 50.2 Å². The van der Waals surface area contributed by atoms with Crippen molar-refractivity contribution in [3.63, 3.8) is 0 Å². The molecule has 0 aliphatic carbocycles. The van der Waals surface area contributed by atoms with Crippen molar-refractivity contribution >= 4 is 0 Å². The van der Waals surface area contributed by atoms with Gasteiger partial charge in [-0.05, 0) is 49.1 Å². The lowest BCUT2D eigenvalue weighted by Crippen LogP contribution is -2.34. The van der Waals surface area contributed by atoms with Crippen LogP contribution in [0.15, 0.2) is 48.5 Å². The van der Waals surface area contributed by atoms with Crippen LogP contribution >= 0.6 is 0 Å². The second-order valence-electron chi connectivity index (χ2n) is 5.83. The molecule has 2 heteroatoms. The molecule has 0 fully saturated rings. The second kappa shape index (κ2) is 6.77. The van der Waals surface area contributed by atoms with E-state index in [4.69, 9.17) is 10.5 Å². The molecule has 2 aromatic carbocycles. The van der Waals surface area contributed by atoms with Gasteiger partial charge in [0.1, 0.15) is 5.75 Å². The molecule has 0 saturated heterocycles. The summed E-state index contributed by atoms with van der Waals surface area (Å²) in [6.45, 7) is 7.72. The number of rotatable bonds is 6. The van der Waals surface area contributed by atoms with E-state index in [9.17, 15) is 0 Å². The Balaban J connectivity index is 2.24. The molecular formula is C19H25NO. The highest BCUT2D eigenvalue weighted by Gasteiger charge is 2.26. The molecule has 2 nitrogen and oxygen atoms in total. The lowest BCUT2D eigenvalue weighted by molar-refractivity contribution is 0.340. The molecule has 2 rings (SSSR count). The van der Waals surface area contributed by atoms with E-state index in [1.54, 1.807) is 0 Å². The average molecular weight is 283 g/mol. The summed E-state index contributed by atoms with van der Waals surface area (Å²) < 4.78 is 5.50. The maximum atomic E-state index is 6.11. The van der Waals surface area contributed by atoms with Crippen LogP contribution in [0.2, 0.25) is 0 Å². The van der Waals surface area contributed by atoms with Crippen molar-refractivity contribution in [3.8, 4) is 5.75 Å². The Bertz CT molecular complexity index is 576. The molecule has 0 aromatic heterocycles. The highest BCUT2D eigenvalue weighted by molar-refractivity contribution is 5.36. The smallest absolute Gasteiger partial charge is 0.119 e. The lowest BCUT2D eigenvalue weighted by Gasteiger charge is -2.30. The first-order valence-electron chi connectivity index (χ1n) is 7.57. The summed E-state index contributed by atoms with van der Waals surface area (Å²) >= 11 is 0. The molecule has 112 valence electrons. The summed E-state index contributed by atoms with van der Waals surface area (Å²) in [4.78, 5) is 0. The standard InChI is InChI=1S/C19H25NO/c1-4-21-17-11-9-16(10-12-17)13-19(3,14-20)18-8-6-5-7-15(18)2/h5-12H,4,13-14,20H2,1-3H3. The number of hydrogen-bond donors (Lipinski definition) is 1. The third-order valence-electron chi connectivity index (χ3n) is 4.07. The molecule has 0 saturated carbocycles. The van der Waals surface area contributed by atoms with Gasteiger partial charge in [-0.3, -0.25) is 0 Å².